The van der Waals surface area contributed by atoms with Crippen LogP contribution in [0.25, 0.3) is 0 Å². The molecule has 3 rings (SSSR count). The molecular formula is C15H12ClFO2. The minimum absolute atomic E-state index is 0.278. The van der Waals surface area contributed by atoms with Gasteiger partial charge in [0.25, 0.3) is 0 Å². The zero-order valence-corrected chi connectivity index (χ0v) is 10.9. The summed E-state index contributed by atoms with van der Waals surface area (Å²) in [7, 11) is 0. The van der Waals surface area contributed by atoms with Gasteiger partial charge in [-0.3, -0.25) is 0 Å². The normalized spacial score (nSPS) is 12.9. The molecule has 0 unspecified atom stereocenters. The van der Waals surface area contributed by atoms with Gasteiger partial charge in [-0.25, -0.2) is 4.39 Å². The molecule has 4 heteroatoms. The molecule has 0 aromatic heterocycles. The first-order chi connectivity index (χ1) is 9.22. The van der Waals surface area contributed by atoms with Crippen LogP contribution in [0, 0.1) is 5.82 Å². The van der Waals surface area contributed by atoms with E-state index >= 15 is 0 Å². The van der Waals surface area contributed by atoms with Gasteiger partial charge in [0.05, 0.1) is 6.61 Å². The lowest BCUT2D eigenvalue weighted by Crippen LogP contribution is -1.98. The second-order valence-electron chi connectivity index (χ2n) is 4.39. The Bertz CT molecular complexity index is 596. The summed E-state index contributed by atoms with van der Waals surface area (Å²) in [5.41, 5.74) is 2.04. The third kappa shape index (κ3) is 2.66. The fourth-order valence-corrected chi connectivity index (χ4v) is 2.41. The molecule has 1 aliphatic heterocycles. The molecule has 1 heterocycles. The summed E-state index contributed by atoms with van der Waals surface area (Å²) in [5, 5.41) is 0.682. The van der Waals surface area contributed by atoms with Crippen LogP contribution in [-0.4, -0.2) is 6.61 Å². The molecule has 0 N–H and O–H groups in total. The van der Waals surface area contributed by atoms with E-state index in [0.29, 0.717) is 24.0 Å². The van der Waals surface area contributed by atoms with Gasteiger partial charge in [0.15, 0.2) is 0 Å². The van der Waals surface area contributed by atoms with E-state index in [4.69, 9.17) is 21.1 Å². The van der Waals surface area contributed by atoms with Crippen LogP contribution in [0.5, 0.6) is 11.5 Å². The minimum atomic E-state index is -0.278. The third-order valence-electron chi connectivity index (χ3n) is 3.03. The Labute approximate surface area is 115 Å². The van der Waals surface area contributed by atoms with Gasteiger partial charge in [0, 0.05) is 17.0 Å². The zero-order valence-electron chi connectivity index (χ0n) is 10.2. The van der Waals surface area contributed by atoms with Crippen molar-refractivity contribution in [1.29, 1.82) is 0 Å². The molecule has 19 heavy (non-hydrogen) atoms. The van der Waals surface area contributed by atoms with Gasteiger partial charge in [-0.1, -0.05) is 11.6 Å². The monoisotopic (exact) mass is 278 g/mol. The average molecular weight is 279 g/mol. The Morgan fingerprint density at radius 3 is 2.79 bits per heavy atom. The van der Waals surface area contributed by atoms with Crippen molar-refractivity contribution < 1.29 is 13.9 Å². The molecule has 2 aromatic carbocycles. The summed E-state index contributed by atoms with van der Waals surface area (Å²) < 4.78 is 24.0. The maximum absolute atomic E-state index is 12.8. The largest absolute Gasteiger partial charge is 0.493 e. The fourth-order valence-electron chi connectivity index (χ4n) is 2.15. The van der Waals surface area contributed by atoms with Crippen molar-refractivity contribution in [3.05, 3.63) is 58.4 Å². The van der Waals surface area contributed by atoms with E-state index in [2.05, 4.69) is 0 Å². The van der Waals surface area contributed by atoms with Crippen molar-refractivity contribution in [2.24, 2.45) is 0 Å². The van der Waals surface area contributed by atoms with Crippen LogP contribution >= 0.6 is 11.6 Å². The number of halogens is 2. The maximum atomic E-state index is 12.8. The van der Waals surface area contributed by atoms with E-state index in [1.165, 1.54) is 12.1 Å². The summed E-state index contributed by atoms with van der Waals surface area (Å²) >= 11 is 6.07. The smallest absolute Gasteiger partial charge is 0.129 e. The Balaban J connectivity index is 1.78. The highest BCUT2D eigenvalue weighted by atomic mass is 35.5. The van der Waals surface area contributed by atoms with Crippen molar-refractivity contribution in [2.75, 3.05) is 6.61 Å². The van der Waals surface area contributed by atoms with Crippen molar-refractivity contribution in [2.45, 2.75) is 13.0 Å². The molecule has 0 saturated heterocycles. The summed E-state index contributed by atoms with van der Waals surface area (Å²) in [6.07, 6.45) is 0.874. The molecule has 2 aromatic rings. The average Bonchev–Trinajstić information content (AvgIpc) is 2.85. The predicted octanol–water partition coefficient (Wildman–Crippen LogP) is 3.99. The highest BCUT2D eigenvalue weighted by Gasteiger charge is 2.17. The Hall–Kier alpha value is -1.74. The van der Waals surface area contributed by atoms with Gasteiger partial charge in [-0.2, -0.15) is 0 Å². The molecule has 0 saturated carbocycles. The van der Waals surface area contributed by atoms with Crippen molar-refractivity contribution in [1.82, 2.24) is 0 Å². The number of ether oxygens (including phenoxy) is 2. The molecule has 1 aliphatic rings. The van der Waals surface area contributed by atoms with E-state index in [0.717, 1.165) is 23.3 Å². The number of benzene rings is 2. The fraction of sp³-hybridized carbons (Fsp3) is 0.200. The minimum Gasteiger partial charge on any atom is -0.493 e. The summed E-state index contributed by atoms with van der Waals surface area (Å²) in [4.78, 5) is 0. The lowest BCUT2D eigenvalue weighted by Gasteiger charge is -2.10. The second-order valence-corrected chi connectivity index (χ2v) is 4.83. The number of hydrogen-bond donors (Lipinski definition) is 0. The zero-order chi connectivity index (χ0) is 13.2. The Morgan fingerprint density at radius 2 is 2.00 bits per heavy atom. The van der Waals surface area contributed by atoms with Gasteiger partial charge in [0.2, 0.25) is 0 Å². The summed E-state index contributed by atoms with van der Waals surface area (Å²) in [5.74, 6) is 1.21. The topological polar surface area (TPSA) is 18.5 Å². The lowest BCUT2D eigenvalue weighted by molar-refractivity contribution is 0.291. The van der Waals surface area contributed by atoms with E-state index in [1.807, 2.05) is 12.1 Å². The molecule has 2 nitrogen and oxygen atoms in total. The summed E-state index contributed by atoms with van der Waals surface area (Å²) in [6, 6.07) is 9.70. The first kappa shape index (κ1) is 12.3. The van der Waals surface area contributed by atoms with Gasteiger partial charge in [-0.15, -0.1) is 0 Å². The third-order valence-corrected chi connectivity index (χ3v) is 3.25. The standard InChI is InChI=1S/C15H12ClFO2/c16-12-7-10-5-6-18-15(10)11(8-12)9-19-14-3-1-13(17)2-4-14/h1-4,7-8H,5-6,9H2. The van der Waals surface area contributed by atoms with Gasteiger partial charge >= 0.3 is 0 Å². The number of hydrogen-bond acceptors (Lipinski definition) is 2. The maximum Gasteiger partial charge on any atom is 0.129 e. The van der Waals surface area contributed by atoms with Crippen LogP contribution in [0.4, 0.5) is 4.39 Å². The van der Waals surface area contributed by atoms with Gasteiger partial charge in [0.1, 0.15) is 23.9 Å². The Morgan fingerprint density at radius 1 is 1.21 bits per heavy atom. The van der Waals surface area contributed by atoms with Crippen LogP contribution in [0.3, 0.4) is 0 Å². The quantitative estimate of drug-likeness (QED) is 0.845. The van der Waals surface area contributed by atoms with Crippen LogP contribution < -0.4 is 9.47 Å². The summed E-state index contributed by atoms with van der Waals surface area (Å²) in [6.45, 7) is 1.04. The molecular weight excluding hydrogens is 267 g/mol. The molecule has 0 atom stereocenters. The predicted molar refractivity (Wildman–Crippen MR) is 71.4 cm³/mol. The van der Waals surface area contributed by atoms with Crippen molar-refractivity contribution in [3.63, 3.8) is 0 Å². The van der Waals surface area contributed by atoms with E-state index in [-0.39, 0.29) is 5.82 Å². The molecule has 0 amide bonds. The highest BCUT2D eigenvalue weighted by molar-refractivity contribution is 6.30. The molecule has 98 valence electrons. The van der Waals surface area contributed by atoms with Crippen LogP contribution in [0.2, 0.25) is 5.02 Å². The van der Waals surface area contributed by atoms with Crippen LogP contribution in [0.15, 0.2) is 36.4 Å². The van der Waals surface area contributed by atoms with Crippen LogP contribution in [0.1, 0.15) is 11.1 Å². The number of rotatable bonds is 3. The molecule has 0 bridgehead atoms. The second kappa shape index (κ2) is 5.10. The Kier molecular flexibility index (Phi) is 3.30. The van der Waals surface area contributed by atoms with Crippen LogP contribution in [-0.2, 0) is 13.0 Å². The lowest BCUT2D eigenvalue weighted by atomic mass is 10.1. The first-order valence-corrected chi connectivity index (χ1v) is 6.42. The van der Waals surface area contributed by atoms with Crippen molar-refractivity contribution >= 4 is 11.6 Å². The molecule has 0 spiro atoms. The van der Waals surface area contributed by atoms with E-state index in [1.54, 1.807) is 12.1 Å². The molecule has 0 fully saturated rings. The molecule has 0 radical (unpaired) electrons. The molecule has 0 aliphatic carbocycles. The van der Waals surface area contributed by atoms with E-state index in [9.17, 15) is 4.39 Å². The highest BCUT2D eigenvalue weighted by Crippen LogP contribution is 2.33. The first-order valence-electron chi connectivity index (χ1n) is 6.05. The van der Waals surface area contributed by atoms with Crippen molar-refractivity contribution in [3.8, 4) is 11.5 Å². The van der Waals surface area contributed by atoms with E-state index < -0.39 is 0 Å². The number of fused-ring (bicyclic) bond motifs is 1. The van der Waals surface area contributed by atoms with Gasteiger partial charge in [-0.05, 0) is 42.0 Å². The SMILES string of the molecule is Fc1ccc(OCc2cc(Cl)cc3c2OCC3)cc1. The van der Waals surface area contributed by atoms with Gasteiger partial charge < -0.3 is 9.47 Å².